The molecule has 0 amide bonds. The summed E-state index contributed by atoms with van der Waals surface area (Å²) >= 11 is 6.40. The van der Waals surface area contributed by atoms with E-state index < -0.39 is 45.6 Å². The zero-order chi connectivity index (χ0) is 37.4. The molecule has 0 radical (unpaired) electrons. The van der Waals surface area contributed by atoms with Crippen molar-refractivity contribution >= 4 is 58.5 Å². The first-order chi connectivity index (χ1) is 22.2. The highest BCUT2D eigenvalue weighted by Crippen LogP contribution is 2.43. The Morgan fingerprint density at radius 3 is 1.27 bits per heavy atom. The van der Waals surface area contributed by atoms with E-state index in [2.05, 4.69) is 41.3 Å². The lowest BCUT2D eigenvalue weighted by molar-refractivity contribution is -0.0505. The van der Waals surface area contributed by atoms with Crippen molar-refractivity contribution in [2.45, 2.75) is 130 Å². The second-order valence-electron chi connectivity index (χ2n) is 14.8. The van der Waals surface area contributed by atoms with Crippen molar-refractivity contribution in [1.29, 1.82) is 0 Å². The summed E-state index contributed by atoms with van der Waals surface area (Å²) in [5.74, 6) is 0.230. The lowest BCUT2D eigenvalue weighted by Crippen LogP contribution is -2.41. The Balaban J connectivity index is 0.000000207. The molecule has 272 valence electrons. The molecule has 3 saturated heterocycles. The third-order valence-corrected chi connectivity index (χ3v) is 10.4. The third kappa shape index (κ3) is 10.6. The lowest BCUT2D eigenvalue weighted by Gasteiger charge is -2.32. The SMILES string of the molecule is CC1(C)OB(B2OC(C)(C)C(C)(C)O2)OC1(C)C.CC1(C)OB(c2cc(Br)cc(OC(F)F)c2)OC1(C)C.FC(F)Oc1cccc(Br)c1. The van der Waals surface area contributed by atoms with E-state index in [0.29, 0.717) is 9.94 Å². The first-order valence-corrected chi connectivity index (χ1v) is 17.3. The van der Waals surface area contributed by atoms with Crippen LogP contribution in [0.5, 0.6) is 11.5 Å². The van der Waals surface area contributed by atoms with E-state index in [1.165, 1.54) is 24.3 Å². The highest BCUT2D eigenvalue weighted by Gasteiger charge is 2.63. The Bertz CT molecular complexity index is 1350. The smallest absolute Gasteiger partial charge is 0.435 e. The van der Waals surface area contributed by atoms with Crippen LogP contribution in [0, 0.1) is 0 Å². The largest absolute Gasteiger partial charge is 0.495 e. The van der Waals surface area contributed by atoms with Crippen LogP contribution in [0.4, 0.5) is 17.6 Å². The van der Waals surface area contributed by atoms with Gasteiger partial charge in [-0.15, -0.1) is 0 Å². The van der Waals surface area contributed by atoms with E-state index in [-0.39, 0.29) is 33.9 Å². The molecule has 0 atom stereocenters. The van der Waals surface area contributed by atoms with Gasteiger partial charge in [0.25, 0.3) is 0 Å². The molecule has 3 fully saturated rings. The molecule has 3 heterocycles. The van der Waals surface area contributed by atoms with E-state index in [0.717, 1.165) is 4.47 Å². The van der Waals surface area contributed by atoms with E-state index in [4.69, 9.17) is 27.9 Å². The van der Waals surface area contributed by atoms with E-state index >= 15 is 0 Å². The maximum absolute atomic E-state index is 12.3. The maximum atomic E-state index is 12.3. The Hall–Kier alpha value is -1.33. The zero-order valence-electron chi connectivity index (χ0n) is 30.0. The molecule has 3 aliphatic rings. The van der Waals surface area contributed by atoms with Gasteiger partial charge in [-0.25, -0.2) is 0 Å². The average Bonchev–Trinajstić information content (AvgIpc) is 3.37. The molecule has 0 N–H and O–H groups in total. The van der Waals surface area contributed by atoms with Gasteiger partial charge in [-0.3, -0.25) is 0 Å². The van der Waals surface area contributed by atoms with Crippen LogP contribution in [0.1, 0.15) is 83.1 Å². The van der Waals surface area contributed by atoms with Crippen molar-refractivity contribution in [2.75, 3.05) is 0 Å². The quantitative estimate of drug-likeness (QED) is 0.212. The van der Waals surface area contributed by atoms with Gasteiger partial charge < -0.3 is 37.4 Å². The summed E-state index contributed by atoms with van der Waals surface area (Å²) in [7, 11) is -1.57. The highest BCUT2D eigenvalue weighted by atomic mass is 79.9. The van der Waals surface area contributed by atoms with Crippen molar-refractivity contribution in [3.8, 4) is 11.5 Å². The van der Waals surface area contributed by atoms with Crippen LogP contribution in [-0.4, -0.2) is 68.0 Å². The van der Waals surface area contributed by atoms with Crippen LogP contribution in [0.3, 0.4) is 0 Å². The number of rotatable bonds is 6. The standard InChI is InChI=1S/C13H16BBrF2O3.C12H24B2O4.C7H5BrF2O/c1-12(2)13(3,4)20-14(19-12)8-5-9(15)7-10(6-8)18-11(16)17;1-9(2)10(3,4)16-13(15-9)14-17-11(5,6)12(7,8)18-14;8-5-2-1-3-6(4-5)11-7(9)10/h5-7,11H,1-4H3;1-8H3;1-4,7H. The number of benzene rings is 2. The number of alkyl halides is 4. The van der Waals surface area contributed by atoms with Gasteiger partial charge in [-0.1, -0.05) is 37.9 Å². The minimum atomic E-state index is -2.87. The van der Waals surface area contributed by atoms with Gasteiger partial charge >= 0.3 is 34.4 Å². The minimum absolute atomic E-state index is 0.0686. The number of halogens is 6. The topological polar surface area (TPSA) is 73.8 Å². The monoisotopic (exact) mass is 824 g/mol. The first-order valence-electron chi connectivity index (χ1n) is 15.7. The second kappa shape index (κ2) is 15.3. The lowest BCUT2D eigenvalue weighted by atomic mass is 9.49. The molecule has 2 aromatic carbocycles. The Kier molecular flexibility index (Phi) is 13.2. The molecule has 49 heavy (non-hydrogen) atoms. The summed E-state index contributed by atoms with van der Waals surface area (Å²) in [4.78, 5) is 0. The normalized spacial score (nSPS) is 22.4. The van der Waals surface area contributed by atoms with Crippen LogP contribution < -0.4 is 14.9 Å². The van der Waals surface area contributed by atoms with Crippen LogP contribution in [0.15, 0.2) is 51.4 Å². The van der Waals surface area contributed by atoms with Crippen LogP contribution >= 0.6 is 31.9 Å². The van der Waals surface area contributed by atoms with Crippen LogP contribution in [-0.2, 0) is 27.9 Å². The van der Waals surface area contributed by atoms with Crippen molar-refractivity contribution in [3.63, 3.8) is 0 Å². The predicted octanol–water partition coefficient (Wildman–Crippen LogP) is 8.65. The molecular formula is C32H45B3Br2F4O8. The third-order valence-electron chi connectivity index (χ3n) is 9.43. The van der Waals surface area contributed by atoms with E-state index in [1.807, 2.05) is 83.1 Å². The van der Waals surface area contributed by atoms with Crippen molar-refractivity contribution in [1.82, 2.24) is 0 Å². The minimum Gasteiger partial charge on any atom is -0.435 e. The fraction of sp³-hybridized carbons (Fsp3) is 0.625. The van der Waals surface area contributed by atoms with Crippen molar-refractivity contribution in [3.05, 3.63) is 51.4 Å². The van der Waals surface area contributed by atoms with Gasteiger partial charge in [-0.2, -0.15) is 17.6 Å². The highest BCUT2D eigenvalue weighted by molar-refractivity contribution is 9.10. The van der Waals surface area contributed by atoms with Gasteiger partial charge in [0.2, 0.25) is 0 Å². The van der Waals surface area contributed by atoms with Gasteiger partial charge in [0.05, 0.1) is 33.6 Å². The number of hydrogen-bond donors (Lipinski definition) is 0. The van der Waals surface area contributed by atoms with E-state index in [9.17, 15) is 17.6 Å². The Morgan fingerprint density at radius 2 is 0.878 bits per heavy atom. The molecule has 2 aromatic rings. The molecule has 17 heteroatoms. The summed E-state index contributed by atoms with van der Waals surface area (Å²) in [6.07, 6.45) is 0. The molecule has 0 aliphatic carbocycles. The molecule has 0 bridgehead atoms. The van der Waals surface area contributed by atoms with Crippen molar-refractivity contribution < 1.29 is 55.0 Å². The molecular weight excluding hydrogens is 781 g/mol. The fourth-order valence-electron chi connectivity index (χ4n) is 4.51. The van der Waals surface area contributed by atoms with Gasteiger partial charge in [0, 0.05) is 8.95 Å². The van der Waals surface area contributed by atoms with Crippen LogP contribution in [0.2, 0.25) is 0 Å². The molecule has 3 aliphatic heterocycles. The number of ether oxygens (including phenoxy) is 2. The van der Waals surface area contributed by atoms with Crippen molar-refractivity contribution in [2.24, 2.45) is 0 Å². The Labute approximate surface area is 305 Å². The van der Waals surface area contributed by atoms with Gasteiger partial charge in [0.15, 0.2) is 0 Å². The molecule has 0 spiro atoms. The summed E-state index contributed by atoms with van der Waals surface area (Å²) in [5.41, 5.74) is -1.77. The summed E-state index contributed by atoms with van der Waals surface area (Å²) in [5, 5.41) is 0. The average molecular weight is 826 g/mol. The van der Waals surface area contributed by atoms with Crippen LogP contribution in [0.25, 0.3) is 0 Å². The zero-order valence-corrected chi connectivity index (χ0v) is 33.1. The van der Waals surface area contributed by atoms with Gasteiger partial charge in [0.1, 0.15) is 11.5 Å². The molecule has 0 aromatic heterocycles. The molecule has 0 saturated carbocycles. The molecule has 8 nitrogen and oxygen atoms in total. The molecule has 0 unspecified atom stereocenters. The fourth-order valence-corrected chi connectivity index (χ4v) is 5.38. The summed E-state index contributed by atoms with van der Waals surface area (Å²) < 4.78 is 93.4. The van der Waals surface area contributed by atoms with E-state index in [1.54, 1.807) is 18.2 Å². The number of hydrogen-bond acceptors (Lipinski definition) is 8. The summed E-state index contributed by atoms with van der Waals surface area (Å²) in [6.45, 7) is 18.3. The maximum Gasteiger partial charge on any atom is 0.495 e. The first kappa shape index (κ1) is 42.1. The van der Waals surface area contributed by atoms with Gasteiger partial charge in [-0.05, 0) is 125 Å². The Morgan fingerprint density at radius 1 is 0.510 bits per heavy atom. The summed E-state index contributed by atoms with van der Waals surface area (Å²) in [6, 6.07) is 11.0. The predicted molar refractivity (Wildman–Crippen MR) is 189 cm³/mol. The molecule has 5 rings (SSSR count). The second-order valence-corrected chi connectivity index (χ2v) is 16.6.